The molecule has 0 atom stereocenters. The zero-order chi connectivity index (χ0) is 34.8. The fourth-order valence-corrected chi connectivity index (χ4v) is 8.57. The lowest BCUT2D eigenvalue weighted by Crippen LogP contribution is -2.65. The first-order valence-electron chi connectivity index (χ1n) is 17.6. The van der Waals surface area contributed by atoms with Crippen molar-refractivity contribution in [2.24, 2.45) is 11.3 Å². The van der Waals surface area contributed by atoms with Crippen molar-refractivity contribution in [3.8, 4) is 17.4 Å². The number of nitrogens with zero attached hydrogens (tertiary/aromatic N) is 8. The van der Waals surface area contributed by atoms with Crippen LogP contribution in [0.5, 0.6) is 17.4 Å². The molecule has 1 spiro atoms. The van der Waals surface area contributed by atoms with Crippen molar-refractivity contribution in [3.05, 3.63) is 59.4 Å². The van der Waals surface area contributed by atoms with Crippen molar-refractivity contribution in [1.29, 1.82) is 0 Å². The van der Waals surface area contributed by atoms with Crippen LogP contribution in [0.15, 0.2) is 36.8 Å². The van der Waals surface area contributed by atoms with E-state index >= 15 is 0 Å². The van der Waals surface area contributed by atoms with Gasteiger partial charge in [0.1, 0.15) is 29.7 Å². The second-order valence-corrected chi connectivity index (χ2v) is 15.4. The number of pyridine rings is 1. The highest BCUT2D eigenvalue weighted by Gasteiger charge is 2.55. The number of anilines is 1. The number of hydrogen-bond acceptors (Lipinski definition) is 10. The first-order valence-corrected chi connectivity index (χ1v) is 17.6. The maximum atomic E-state index is 14.5. The molecule has 0 unspecified atom stereocenters. The molecule has 14 heteroatoms. The van der Waals surface area contributed by atoms with Crippen LogP contribution in [0.2, 0.25) is 0 Å². The van der Waals surface area contributed by atoms with Crippen LogP contribution in [0.25, 0.3) is 0 Å². The van der Waals surface area contributed by atoms with E-state index in [1.165, 1.54) is 28.9 Å². The minimum Gasteiger partial charge on any atom is -0.490 e. The number of alkyl halides is 2. The Morgan fingerprint density at radius 2 is 1.86 bits per heavy atom. The zero-order valence-corrected chi connectivity index (χ0v) is 28.7. The Hall–Kier alpha value is -4.04. The third kappa shape index (κ3) is 6.36. The Kier molecular flexibility index (Phi) is 8.36. The van der Waals surface area contributed by atoms with E-state index in [-0.39, 0.29) is 34.8 Å². The summed E-state index contributed by atoms with van der Waals surface area (Å²) in [5.74, 6) is -1.73. The Bertz CT molecular complexity index is 1750. The molecule has 5 aliphatic rings. The van der Waals surface area contributed by atoms with E-state index in [1.807, 2.05) is 12.3 Å². The second-order valence-electron chi connectivity index (χ2n) is 15.4. The zero-order valence-electron chi connectivity index (χ0n) is 28.7. The van der Waals surface area contributed by atoms with E-state index in [4.69, 9.17) is 9.47 Å². The molecular weight excluding hydrogens is 649 g/mol. The van der Waals surface area contributed by atoms with Gasteiger partial charge in [0.15, 0.2) is 5.82 Å². The van der Waals surface area contributed by atoms with Crippen molar-refractivity contribution in [2.75, 3.05) is 51.2 Å². The molecule has 4 fully saturated rings. The third-order valence-electron chi connectivity index (χ3n) is 11.0. The minimum atomic E-state index is -2.81. The summed E-state index contributed by atoms with van der Waals surface area (Å²) in [6.07, 6.45) is 5.23. The molecule has 3 aromatic rings. The molecule has 0 N–H and O–H groups in total. The normalized spacial score (nSPS) is 21.9. The van der Waals surface area contributed by atoms with E-state index in [1.54, 1.807) is 13.8 Å². The summed E-state index contributed by atoms with van der Waals surface area (Å²) in [7, 11) is 2.17. The number of carbonyl (C=O) groups excluding carboxylic acids is 1. The van der Waals surface area contributed by atoms with Gasteiger partial charge in [-0.2, -0.15) is 0 Å². The van der Waals surface area contributed by atoms with E-state index in [0.29, 0.717) is 5.82 Å². The Balaban J connectivity index is 0.908. The number of fused-ring (bicyclic) bond motifs is 1. The van der Waals surface area contributed by atoms with Gasteiger partial charge in [-0.05, 0) is 63.9 Å². The van der Waals surface area contributed by atoms with E-state index in [0.717, 1.165) is 88.5 Å². The molecule has 2 saturated carbocycles. The number of rotatable bonds is 10. The summed E-state index contributed by atoms with van der Waals surface area (Å²) in [6, 6.07) is 4.59. The third-order valence-corrected chi connectivity index (χ3v) is 11.0. The molecule has 1 amide bonds. The van der Waals surface area contributed by atoms with Crippen LogP contribution in [0.3, 0.4) is 0 Å². The van der Waals surface area contributed by atoms with Gasteiger partial charge in [-0.3, -0.25) is 14.7 Å². The highest BCUT2D eigenvalue weighted by Crippen LogP contribution is 2.52. The van der Waals surface area contributed by atoms with Gasteiger partial charge in [0.25, 0.3) is 17.7 Å². The maximum absolute atomic E-state index is 14.5. The van der Waals surface area contributed by atoms with Crippen LogP contribution in [0.1, 0.15) is 61.1 Å². The molecule has 2 aromatic heterocycles. The van der Waals surface area contributed by atoms with Gasteiger partial charge in [-0.15, -0.1) is 10.2 Å². The van der Waals surface area contributed by atoms with E-state index in [9.17, 15) is 18.0 Å². The summed E-state index contributed by atoms with van der Waals surface area (Å²) in [6.45, 7) is 10.3. The lowest BCUT2D eigenvalue weighted by molar-refractivity contribution is -0.120. The van der Waals surface area contributed by atoms with Crippen LogP contribution in [-0.4, -0.2) is 111 Å². The molecule has 2 aliphatic carbocycles. The molecule has 1 aromatic carbocycles. The smallest absolute Gasteiger partial charge is 0.282 e. The number of aromatic nitrogens is 4. The summed E-state index contributed by atoms with van der Waals surface area (Å²) in [5.41, 5.74) is 2.38. The summed E-state index contributed by atoms with van der Waals surface area (Å²) < 4.78 is 54.7. The van der Waals surface area contributed by atoms with E-state index < -0.39 is 36.5 Å². The van der Waals surface area contributed by atoms with Gasteiger partial charge >= 0.3 is 0 Å². The number of amides is 1. The standard InChI is InChI=1S/C36H43F3N8O3/c1-22(2)47(25-11-36(38,39)12-25)34(48)27-10-24(37)4-5-30(27)50-33-32(41-21-42-43-33)46-19-35(20-46)13-26(14-35)49-31-6-8-40-29-7-9-45(18-28(29)31)17-23-15-44(3)16-23/h4-6,8,10,21-23,25-26H,7,9,11-20H2,1-3H3. The summed E-state index contributed by atoms with van der Waals surface area (Å²) in [5, 5.41) is 8.08. The lowest BCUT2D eigenvalue weighted by Gasteiger charge is -2.58. The second kappa shape index (κ2) is 12.6. The average Bonchev–Trinajstić information content (AvgIpc) is 3.01. The fourth-order valence-electron chi connectivity index (χ4n) is 8.57. The van der Waals surface area contributed by atoms with Crippen LogP contribution in [0.4, 0.5) is 19.0 Å². The molecule has 3 aliphatic heterocycles. The van der Waals surface area contributed by atoms with Crippen molar-refractivity contribution < 1.29 is 27.4 Å². The van der Waals surface area contributed by atoms with E-state index in [2.05, 4.69) is 41.9 Å². The van der Waals surface area contributed by atoms with Crippen molar-refractivity contribution >= 4 is 11.7 Å². The molecule has 11 nitrogen and oxygen atoms in total. The van der Waals surface area contributed by atoms with Crippen LogP contribution < -0.4 is 14.4 Å². The predicted octanol–water partition coefficient (Wildman–Crippen LogP) is 4.81. The molecule has 50 heavy (non-hydrogen) atoms. The topological polar surface area (TPSA) is 100 Å². The molecular formula is C36H43F3N8O3. The van der Waals surface area contributed by atoms with Crippen LogP contribution in [0, 0.1) is 17.2 Å². The number of hydrogen-bond donors (Lipinski definition) is 0. The first kappa shape index (κ1) is 33.1. The summed E-state index contributed by atoms with van der Waals surface area (Å²) >= 11 is 0. The van der Waals surface area contributed by atoms with Gasteiger partial charge in [0, 0.05) is 100 Å². The SMILES string of the molecule is CC(C)N(C(=O)c1cc(F)ccc1Oc1nncnc1N1CC2(CC(Oc3ccnc4c3CN(CC3CN(C)C3)CC4)C2)C1)C1CC(F)(F)C1. The molecule has 0 radical (unpaired) electrons. The average molecular weight is 693 g/mol. The quantitative estimate of drug-likeness (QED) is 0.294. The maximum Gasteiger partial charge on any atom is 0.282 e. The highest BCUT2D eigenvalue weighted by atomic mass is 19.3. The molecule has 8 rings (SSSR count). The fraction of sp³-hybridized carbons (Fsp3) is 0.583. The van der Waals surface area contributed by atoms with Gasteiger partial charge in [-0.25, -0.2) is 18.2 Å². The van der Waals surface area contributed by atoms with Crippen LogP contribution >= 0.6 is 0 Å². The Morgan fingerprint density at radius 3 is 2.58 bits per heavy atom. The number of halogens is 3. The van der Waals surface area contributed by atoms with Crippen molar-refractivity contribution in [2.45, 2.75) is 76.6 Å². The number of likely N-dealkylation sites (tertiary alicyclic amines) is 1. The number of benzene rings is 1. The molecule has 0 bridgehead atoms. The van der Waals surface area contributed by atoms with Crippen LogP contribution in [-0.2, 0) is 13.0 Å². The van der Waals surface area contributed by atoms with Gasteiger partial charge in [-0.1, -0.05) is 0 Å². The number of ether oxygens (including phenoxy) is 2. The van der Waals surface area contributed by atoms with Gasteiger partial charge < -0.3 is 24.2 Å². The predicted molar refractivity (Wildman–Crippen MR) is 178 cm³/mol. The largest absolute Gasteiger partial charge is 0.490 e. The molecule has 5 heterocycles. The highest BCUT2D eigenvalue weighted by molar-refractivity contribution is 5.97. The van der Waals surface area contributed by atoms with Gasteiger partial charge in [0.2, 0.25) is 0 Å². The van der Waals surface area contributed by atoms with Crippen molar-refractivity contribution in [1.82, 2.24) is 34.9 Å². The molecule has 266 valence electrons. The lowest BCUT2D eigenvalue weighted by atomic mass is 9.61. The number of carbonyl (C=O) groups is 1. The first-order chi connectivity index (χ1) is 23.9. The monoisotopic (exact) mass is 692 g/mol. The minimum absolute atomic E-state index is 0.0586. The Morgan fingerprint density at radius 1 is 1.08 bits per heavy atom. The summed E-state index contributed by atoms with van der Waals surface area (Å²) in [4.78, 5) is 31.1. The van der Waals surface area contributed by atoms with Gasteiger partial charge in [0.05, 0.1) is 5.56 Å². The molecule has 2 saturated heterocycles. The Labute approximate surface area is 289 Å². The van der Waals surface area contributed by atoms with Crippen molar-refractivity contribution in [3.63, 3.8) is 0 Å².